The molecule has 0 bridgehead atoms. The number of rotatable bonds is 7. The van der Waals surface area contributed by atoms with Gasteiger partial charge in [0.15, 0.2) is 0 Å². The number of allylic oxidation sites excluding steroid dienone is 1. The number of carbonyl (C=O) groups excluding carboxylic acids is 1. The zero-order valence-electron chi connectivity index (χ0n) is 16.8. The number of nitrogens with zero attached hydrogens (tertiary/aromatic N) is 4. The number of aryl methyl sites for hydroxylation is 1. The van der Waals surface area contributed by atoms with Gasteiger partial charge in [0.05, 0.1) is 11.4 Å². The highest BCUT2D eigenvalue weighted by Crippen LogP contribution is 2.23. The van der Waals surface area contributed by atoms with E-state index in [-0.39, 0.29) is 5.17 Å². The fraction of sp³-hybridized carbons (Fsp3) is 0.450. The van der Waals surface area contributed by atoms with Crippen molar-refractivity contribution in [1.82, 2.24) is 20.4 Å². The van der Waals surface area contributed by atoms with E-state index in [2.05, 4.69) is 53.0 Å². The number of H-pyrrole nitrogens is 1. The van der Waals surface area contributed by atoms with Crippen LogP contribution in [0.4, 0.5) is 0 Å². The van der Waals surface area contributed by atoms with Crippen LogP contribution in [-0.4, -0.2) is 52.5 Å². The molecular formula is C20H27N6O2-. The number of hydrogen-bond donors (Lipinski definition) is 2. The van der Waals surface area contributed by atoms with Crippen molar-refractivity contribution in [3.05, 3.63) is 45.8 Å². The van der Waals surface area contributed by atoms with E-state index in [4.69, 9.17) is 0 Å². The molecule has 0 fully saturated rings. The maximum Gasteiger partial charge on any atom is 0.247 e. The number of aromatic nitrogens is 1. The van der Waals surface area contributed by atoms with Crippen LogP contribution in [0.3, 0.4) is 0 Å². The summed E-state index contributed by atoms with van der Waals surface area (Å²) in [5.74, 6) is -1.39. The number of aliphatic imine (C=N–C) groups is 1. The summed E-state index contributed by atoms with van der Waals surface area (Å²) >= 11 is 0. The maximum atomic E-state index is 12.0. The zero-order chi connectivity index (χ0) is 20.3. The minimum atomic E-state index is -0.764. The van der Waals surface area contributed by atoms with E-state index >= 15 is 0 Å². The first kappa shape index (κ1) is 20.0. The number of likely N-dealkylation sites (N-methyl/N-ethyl adjacent to an activating group) is 1. The Kier molecular flexibility index (Phi) is 6.11. The second-order valence-corrected chi connectivity index (χ2v) is 6.93. The Morgan fingerprint density at radius 1 is 1.32 bits per heavy atom. The second kappa shape index (κ2) is 8.53. The topological polar surface area (TPSA) is 99.2 Å². The average Bonchev–Trinajstić information content (AvgIpc) is 3.16. The first-order valence-corrected chi connectivity index (χ1v) is 9.63. The molecule has 0 spiro atoms. The van der Waals surface area contributed by atoms with Crippen LogP contribution in [0.5, 0.6) is 0 Å². The lowest BCUT2D eigenvalue weighted by Crippen LogP contribution is -2.33. The van der Waals surface area contributed by atoms with Crippen LogP contribution in [0.2, 0.25) is 0 Å². The van der Waals surface area contributed by atoms with E-state index in [0.717, 1.165) is 37.4 Å². The van der Waals surface area contributed by atoms with Gasteiger partial charge in [-0.05, 0) is 50.6 Å². The molecule has 1 atom stereocenters. The molecule has 1 amide bonds. The Morgan fingerprint density at radius 3 is 2.71 bits per heavy atom. The molecule has 1 unspecified atom stereocenters. The number of hydrazone groups is 1. The maximum absolute atomic E-state index is 12.0. The highest BCUT2D eigenvalue weighted by molar-refractivity contribution is 6.24. The SMILES string of the molecule is CCN(CC)CCc1c(C)[nH]c(C=C2NC=CN=C2C2C=NN([O-])C2=O)c1C. The number of hydrogen-bond acceptors (Lipinski definition) is 6. The molecule has 0 aromatic carbocycles. The lowest BCUT2D eigenvalue weighted by Gasteiger charge is -2.21. The van der Waals surface area contributed by atoms with E-state index in [1.165, 1.54) is 17.3 Å². The Hall–Kier alpha value is -2.71. The van der Waals surface area contributed by atoms with Gasteiger partial charge in [0.2, 0.25) is 5.91 Å². The molecule has 2 N–H and O–H groups in total. The van der Waals surface area contributed by atoms with Crippen molar-refractivity contribution < 1.29 is 4.79 Å². The molecule has 28 heavy (non-hydrogen) atoms. The molecule has 0 aliphatic carbocycles. The predicted octanol–water partition coefficient (Wildman–Crippen LogP) is 2.31. The molecular weight excluding hydrogens is 356 g/mol. The highest BCUT2D eigenvalue weighted by Gasteiger charge is 2.31. The lowest BCUT2D eigenvalue weighted by atomic mass is 9.99. The summed E-state index contributed by atoms with van der Waals surface area (Å²) in [5.41, 5.74) is 5.79. The van der Waals surface area contributed by atoms with Crippen LogP contribution >= 0.6 is 0 Å². The first-order chi connectivity index (χ1) is 13.5. The molecule has 150 valence electrons. The first-order valence-electron chi connectivity index (χ1n) is 9.63. The smallest absolute Gasteiger partial charge is 0.247 e. The zero-order valence-corrected chi connectivity index (χ0v) is 16.8. The average molecular weight is 383 g/mol. The monoisotopic (exact) mass is 383 g/mol. The van der Waals surface area contributed by atoms with E-state index < -0.39 is 11.8 Å². The van der Waals surface area contributed by atoms with E-state index in [0.29, 0.717) is 11.4 Å². The van der Waals surface area contributed by atoms with Crippen LogP contribution in [-0.2, 0) is 11.2 Å². The fourth-order valence-electron chi connectivity index (χ4n) is 3.59. The number of amides is 1. The van der Waals surface area contributed by atoms with Gasteiger partial charge in [0.25, 0.3) is 0 Å². The van der Waals surface area contributed by atoms with Crippen molar-refractivity contribution in [2.75, 3.05) is 19.6 Å². The van der Waals surface area contributed by atoms with Gasteiger partial charge in [-0.25, -0.2) is 0 Å². The number of nitrogens with one attached hydrogen (secondary N) is 2. The Morgan fingerprint density at radius 2 is 2.07 bits per heavy atom. The molecule has 0 saturated heterocycles. The van der Waals surface area contributed by atoms with Crippen LogP contribution in [0, 0.1) is 25.0 Å². The van der Waals surface area contributed by atoms with Crippen LogP contribution < -0.4 is 5.32 Å². The van der Waals surface area contributed by atoms with Crippen LogP contribution in [0.25, 0.3) is 6.08 Å². The van der Waals surface area contributed by atoms with Gasteiger partial charge in [-0.1, -0.05) is 13.8 Å². The Balaban J connectivity index is 1.85. The molecule has 8 heteroatoms. The molecule has 8 nitrogen and oxygen atoms in total. The predicted molar refractivity (Wildman–Crippen MR) is 112 cm³/mol. The number of hydroxylamine groups is 1. The van der Waals surface area contributed by atoms with E-state index in [1.807, 2.05) is 6.08 Å². The Bertz CT molecular complexity index is 860. The third-order valence-corrected chi connectivity index (χ3v) is 5.37. The largest absolute Gasteiger partial charge is 0.735 e. The molecule has 0 radical (unpaired) electrons. The third-order valence-electron chi connectivity index (χ3n) is 5.37. The molecule has 3 rings (SSSR count). The molecule has 2 aliphatic heterocycles. The van der Waals surface area contributed by atoms with Crippen molar-refractivity contribution in [1.29, 1.82) is 0 Å². The summed E-state index contributed by atoms with van der Waals surface area (Å²) < 4.78 is 0. The molecule has 1 aromatic rings. The minimum Gasteiger partial charge on any atom is -0.735 e. The lowest BCUT2D eigenvalue weighted by molar-refractivity contribution is -0.127. The summed E-state index contributed by atoms with van der Waals surface area (Å²) in [6.07, 6.45) is 7.54. The number of aromatic amines is 1. The van der Waals surface area contributed by atoms with E-state index in [9.17, 15) is 10.0 Å². The van der Waals surface area contributed by atoms with E-state index in [1.54, 1.807) is 12.4 Å². The second-order valence-electron chi connectivity index (χ2n) is 6.93. The van der Waals surface area contributed by atoms with Crippen molar-refractivity contribution in [3.63, 3.8) is 0 Å². The van der Waals surface area contributed by atoms with Crippen molar-refractivity contribution >= 4 is 23.9 Å². The van der Waals surface area contributed by atoms with Gasteiger partial charge in [0.1, 0.15) is 5.92 Å². The molecule has 1 aromatic heterocycles. The van der Waals surface area contributed by atoms with Crippen molar-refractivity contribution in [3.8, 4) is 0 Å². The summed E-state index contributed by atoms with van der Waals surface area (Å²) in [6.45, 7) is 11.6. The van der Waals surface area contributed by atoms with Gasteiger partial charge < -0.3 is 25.6 Å². The van der Waals surface area contributed by atoms with Gasteiger partial charge in [-0.3, -0.25) is 9.79 Å². The van der Waals surface area contributed by atoms with Crippen molar-refractivity contribution in [2.45, 2.75) is 34.1 Å². The molecule has 0 saturated carbocycles. The molecule has 2 aliphatic rings. The summed E-state index contributed by atoms with van der Waals surface area (Å²) in [4.78, 5) is 22.2. The normalized spacial score (nSPS) is 20.4. The number of carbonyl (C=O) groups is 1. The van der Waals surface area contributed by atoms with Gasteiger partial charge >= 0.3 is 0 Å². The van der Waals surface area contributed by atoms with Crippen LogP contribution in [0.15, 0.2) is 28.2 Å². The van der Waals surface area contributed by atoms with Gasteiger partial charge in [0, 0.05) is 36.5 Å². The van der Waals surface area contributed by atoms with Crippen molar-refractivity contribution in [2.24, 2.45) is 16.0 Å². The summed E-state index contributed by atoms with van der Waals surface area (Å²) in [6, 6.07) is 0. The highest BCUT2D eigenvalue weighted by atomic mass is 16.5. The summed E-state index contributed by atoms with van der Waals surface area (Å²) in [5, 5.41) is 18.2. The Labute approximate surface area is 165 Å². The van der Waals surface area contributed by atoms with Crippen LogP contribution in [0.1, 0.15) is 36.4 Å². The third kappa shape index (κ3) is 3.93. The summed E-state index contributed by atoms with van der Waals surface area (Å²) in [7, 11) is 0. The van der Waals surface area contributed by atoms with Gasteiger partial charge in [-0.2, -0.15) is 5.10 Å². The standard InChI is InChI=1S/C20H27N6O2/c1-5-25(6-2)10-7-15-13(3)17(24-14(15)4)11-18-19(22-9-8-21-18)16-12-23-26(28)20(16)27/h8-9,11-12,16,21,24H,5-7,10H2,1-4H3/q-1. The van der Waals surface area contributed by atoms with Gasteiger partial charge in [-0.15, -0.1) is 0 Å². The fourth-order valence-corrected chi connectivity index (χ4v) is 3.59. The minimum absolute atomic E-state index is 0.110. The molecule has 3 heterocycles. The quantitative estimate of drug-likeness (QED) is 0.755.